The zero-order chi connectivity index (χ0) is 25.4. The van der Waals surface area contributed by atoms with Crippen LogP contribution in [-0.4, -0.2) is 37.6 Å². The Balaban J connectivity index is 2.22. The van der Waals surface area contributed by atoms with Crippen molar-refractivity contribution in [3.05, 3.63) is 65.0 Å². The van der Waals surface area contributed by atoms with Gasteiger partial charge in [-0.2, -0.15) is 26.3 Å². The van der Waals surface area contributed by atoms with Crippen LogP contribution in [0.3, 0.4) is 0 Å². The van der Waals surface area contributed by atoms with Crippen LogP contribution in [0, 0.1) is 5.82 Å². The van der Waals surface area contributed by atoms with Crippen LogP contribution in [-0.2, 0) is 22.2 Å². The molecule has 0 atom stereocenters. The highest BCUT2D eigenvalue weighted by Crippen LogP contribution is 2.35. The van der Waals surface area contributed by atoms with Crippen LogP contribution >= 0.6 is 0 Å². The Morgan fingerprint density at radius 3 is 2.09 bits per heavy atom. The lowest BCUT2D eigenvalue weighted by atomic mass is 10.1. The van der Waals surface area contributed by atoms with E-state index in [2.05, 4.69) is 0 Å². The molecule has 0 aliphatic carbocycles. The van der Waals surface area contributed by atoms with E-state index in [4.69, 9.17) is 0 Å². The van der Waals surface area contributed by atoms with Crippen molar-refractivity contribution in [3.63, 3.8) is 0 Å². The van der Waals surface area contributed by atoms with Crippen LogP contribution in [0.15, 0.2) is 47.4 Å². The van der Waals surface area contributed by atoms with Gasteiger partial charge in [0.25, 0.3) is 5.91 Å². The Labute approximate surface area is 185 Å². The van der Waals surface area contributed by atoms with Crippen molar-refractivity contribution in [1.29, 1.82) is 0 Å². The number of hydrogen-bond donors (Lipinski definition) is 0. The molecule has 1 amide bonds. The minimum Gasteiger partial charge on any atom is -0.342 e. The van der Waals surface area contributed by atoms with E-state index in [1.54, 1.807) is 0 Å². The normalized spacial score (nSPS) is 13.2. The Kier molecular flexibility index (Phi) is 7.23. The molecule has 0 bridgehead atoms. The number of hydrogen-bond acceptors (Lipinski definition) is 3. The van der Waals surface area contributed by atoms with E-state index in [1.807, 2.05) is 0 Å². The fourth-order valence-corrected chi connectivity index (χ4v) is 4.47. The van der Waals surface area contributed by atoms with Gasteiger partial charge in [0.1, 0.15) is 5.82 Å². The summed E-state index contributed by atoms with van der Waals surface area (Å²) in [6, 6.07) is 4.98. The summed E-state index contributed by atoms with van der Waals surface area (Å²) in [5.41, 5.74) is -3.21. The molecule has 182 valence electrons. The number of alkyl halides is 6. The van der Waals surface area contributed by atoms with Gasteiger partial charge in [-0.25, -0.2) is 12.8 Å². The quantitative estimate of drug-likeness (QED) is 0.488. The van der Waals surface area contributed by atoms with E-state index < -0.39 is 60.2 Å². The third kappa shape index (κ3) is 5.84. The molecule has 2 aromatic rings. The minimum absolute atomic E-state index is 0.235. The van der Waals surface area contributed by atoms with Crippen molar-refractivity contribution in [1.82, 2.24) is 4.90 Å². The summed E-state index contributed by atoms with van der Waals surface area (Å²) in [4.78, 5) is 12.9. The molecule has 0 unspecified atom stereocenters. The standard InChI is InChI=1S/C21H20F7NO3S/c1-19(2,33(31,32)15-6-4-5-14(12-15)20(23,24)25)9-10-29(3)18(30)13-7-8-17(22)16(11-13)21(26,27)28/h4-8,11-12H,9-10H2,1-3H3. The van der Waals surface area contributed by atoms with Crippen molar-refractivity contribution in [2.45, 2.75) is 42.3 Å². The summed E-state index contributed by atoms with van der Waals surface area (Å²) in [6.07, 6.45) is -9.99. The largest absolute Gasteiger partial charge is 0.419 e. The zero-order valence-corrected chi connectivity index (χ0v) is 18.5. The topological polar surface area (TPSA) is 54.5 Å². The molecule has 0 aliphatic heterocycles. The number of carbonyl (C=O) groups is 1. The van der Waals surface area contributed by atoms with Crippen LogP contribution in [0.1, 0.15) is 41.8 Å². The van der Waals surface area contributed by atoms with Gasteiger partial charge in [-0.05, 0) is 56.7 Å². The molecule has 0 aliphatic rings. The van der Waals surface area contributed by atoms with E-state index in [0.717, 1.165) is 29.2 Å². The maximum absolute atomic E-state index is 13.4. The smallest absolute Gasteiger partial charge is 0.342 e. The Morgan fingerprint density at radius 2 is 1.55 bits per heavy atom. The second-order valence-electron chi connectivity index (χ2n) is 7.96. The summed E-state index contributed by atoms with van der Waals surface area (Å²) in [5, 5.41) is 0. The van der Waals surface area contributed by atoms with Gasteiger partial charge in [-0.1, -0.05) is 6.07 Å². The third-order valence-electron chi connectivity index (χ3n) is 5.11. The number of sulfone groups is 1. The van der Waals surface area contributed by atoms with Crippen molar-refractivity contribution in [3.8, 4) is 0 Å². The van der Waals surface area contributed by atoms with E-state index >= 15 is 0 Å². The second-order valence-corrected chi connectivity index (χ2v) is 10.5. The minimum atomic E-state index is -5.01. The number of benzene rings is 2. The predicted octanol–water partition coefficient (Wildman–Crippen LogP) is 5.58. The van der Waals surface area contributed by atoms with Crippen molar-refractivity contribution >= 4 is 15.7 Å². The summed E-state index contributed by atoms with van der Waals surface area (Å²) < 4.78 is 115. The molecule has 0 fully saturated rings. The van der Waals surface area contributed by atoms with Crippen molar-refractivity contribution < 1.29 is 43.9 Å². The Hall–Kier alpha value is -2.63. The molecular weight excluding hydrogens is 479 g/mol. The Morgan fingerprint density at radius 1 is 0.939 bits per heavy atom. The molecular formula is C21H20F7NO3S. The zero-order valence-electron chi connectivity index (χ0n) is 17.7. The van der Waals surface area contributed by atoms with Crippen LogP contribution in [0.4, 0.5) is 30.7 Å². The van der Waals surface area contributed by atoms with Crippen molar-refractivity contribution in [2.75, 3.05) is 13.6 Å². The molecule has 0 radical (unpaired) electrons. The first kappa shape index (κ1) is 26.6. The summed E-state index contributed by atoms with van der Waals surface area (Å²) >= 11 is 0. The molecule has 12 heteroatoms. The number of rotatable bonds is 6. The van der Waals surface area contributed by atoms with E-state index in [1.165, 1.54) is 20.9 Å². The lowest BCUT2D eigenvalue weighted by molar-refractivity contribution is -0.140. The maximum Gasteiger partial charge on any atom is 0.419 e. The van der Waals surface area contributed by atoms with Gasteiger partial charge < -0.3 is 4.90 Å². The van der Waals surface area contributed by atoms with Crippen LogP contribution in [0.25, 0.3) is 0 Å². The highest BCUT2D eigenvalue weighted by Gasteiger charge is 2.39. The SMILES string of the molecule is CN(CCC(C)(C)S(=O)(=O)c1cccc(C(F)(F)F)c1)C(=O)c1ccc(F)c(C(F)(F)F)c1. The lowest BCUT2D eigenvalue weighted by Gasteiger charge is -2.28. The molecule has 0 saturated heterocycles. The Bertz CT molecular complexity index is 1140. The monoisotopic (exact) mass is 499 g/mol. The highest BCUT2D eigenvalue weighted by atomic mass is 32.2. The molecule has 2 rings (SSSR count). The van der Waals surface area contributed by atoms with Gasteiger partial charge in [-0.3, -0.25) is 4.79 Å². The molecule has 0 spiro atoms. The average molecular weight is 499 g/mol. The van der Waals surface area contributed by atoms with Crippen LogP contribution in [0.5, 0.6) is 0 Å². The molecule has 0 heterocycles. The van der Waals surface area contributed by atoms with Crippen LogP contribution in [0.2, 0.25) is 0 Å². The number of nitrogens with zero attached hydrogens (tertiary/aromatic N) is 1. The first-order valence-electron chi connectivity index (χ1n) is 9.42. The predicted molar refractivity (Wildman–Crippen MR) is 106 cm³/mol. The summed E-state index contributed by atoms with van der Waals surface area (Å²) in [6.45, 7) is 2.28. The number of amides is 1. The molecule has 0 N–H and O–H groups in total. The summed E-state index contributed by atoms with van der Waals surface area (Å²) in [5.74, 6) is -2.46. The summed E-state index contributed by atoms with van der Waals surface area (Å²) in [7, 11) is -3.06. The molecule has 2 aromatic carbocycles. The fraction of sp³-hybridized carbons (Fsp3) is 0.381. The van der Waals surface area contributed by atoms with Crippen molar-refractivity contribution in [2.24, 2.45) is 0 Å². The fourth-order valence-electron chi connectivity index (χ4n) is 2.93. The van der Waals surface area contributed by atoms with Gasteiger partial charge in [-0.15, -0.1) is 0 Å². The highest BCUT2D eigenvalue weighted by molar-refractivity contribution is 7.92. The number of halogens is 7. The van der Waals surface area contributed by atoms with Gasteiger partial charge in [0.05, 0.1) is 20.8 Å². The molecule has 0 saturated carbocycles. The molecule has 33 heavy (non-hydrogen) atoms. The van der Waals surface area contributed by atoms with E-state index in [9.17, 15) is 43.9 Å². The first-order chi connectivity index (χ1) is 14.9. The van der Waals surface area contributed by atoms with Gasteiger partial charge in [0, 0.05) is 19.2 Å². The first-order valence-corrected chi connectivity index (χ1v) is 10.9. The lowest BCUT2D eigenvalue weighted by Crippen LogP contribution is -2.38. The average Bonchev–Trinajstić information content (AvgIpc) is 2.70. The second kappa shape index (κ2) is 8.96. The molecule has 0 aromatic heterocycles. The molecule has 4 nitrogen and oxygen atoms in total. The number of carbonyl (C=O) groups excluding carboxylic acids is 1. The third-order valence-corrected chi connectivity index (χ3v) is 7.65. The van der Waals surface area contributed by atoms with Crippen LogP contribution < -0.4 is 0 Å². The van der Waals surface area contributed by atoms with Gasteiger partial charge >= 0.3 is 12.4 Å². The van der Waals surface area contributed by atoms with E-state index in [0.29, 0.717) is 18.2 Å². The maximum atomic E-state index is 13.4. The van der Waals surface area contributed by atoms with Gasteiger partial charge in [0.2, 0.25) is 0 Å². The van der Waals surface area contributed by atoms with Gasteiger partial charge in [0.15, 0.2) is 9.84 Å². The van der Waals surface area contributed by atoms with E-state index in [-0.39, 0.29) is 13.0 Å².